The van der Waals surface area contributed by atoms with Crippen molar-refractivity contribution in [1.29, 1.82) is 0 Å². The second-order valence-corrected chi connectivity index (χ2v) is 5.32. The highest BCUT2D eigenvalue weighted by Crippen LogP contribution is 2.23. The Balaban J connectivity index is 1.90. The maximum absolute atomic E-state index is 6.25. The van der Waals surface area contributed by atoms with Gasteiger partial charge in [0.25, 0.3) is 0 Å². The molecule has 0 saturated carbocycles. The van der Waals surface area contributed by atoms with Gasteiger partial charge in [-0.3, -0.25) is 0 Å². The van der Waals surface area contributed by atoms with Crippen LogP contribution in [0.15, 0.2) is 18.2 Å². The van der Waals surface area contributed by atoms with Crippen LogP contribution in [0.25, 0.3) is 11.0 Å². The van der Waals surface area contributed by atoms with Gasteiger partial charge in [0, 0.05) is 20.3 Å². The number of ether oxygens (including phenoxy) is 2. The molecule has 2 aromatic rings. The predicted octanol–water partition coefficient (Wildman–Crippen LogP) is 3.80. The quantitative estimate of drug-likeness (QED) is 0.595. The van der Waals surface area contributed by atoms with Gasteiger partial charge in [-0.15, -0.1) is 0 Å². The number of aromatic nitrogens is 2. The van der Waals surface area contributed by atoms with Crippen molar-refractivity contribution in [3.63, 3.8) is 0 Å². The van der Waals surface area contributed by atoms with E-state index < -0.39 is 0 Å². The molecule has 0 radical (unpaired) electrons. The van der Waals surface area contributed by atoms with Gasteiger partial charge >= 0.3 is 0 Å². The summed E-state index contributed by atoms with van der Waals surface area (Å²) >= 11 is 11.6. The Morgan fingerprint density at radius 1 is 1.25 bits per heavy atom. The average molecular weight is 315 g/mol. The molecular formula is C14H19ClN2O2S. The van der Waals surface area contributed by atoms with Crippen molar-refractivity contribution >= 4 is 34.9 Å². The normalized spacial score (nSPS) is 11.3. The lowest BCUT2D eigenvalue weighted by Gasteiger charge is -2.06. The molecule has 0 spiro atoms. The van der Waals surface area contributed by atoms with Gasteiger partial charge in [-0.1, -0.05) is 17.7 Å². The summed E-state index contributed by atoms with van der Waals surface area (Å²) in [6.45, 7) is 2.88. The molecule has 1 heterocycles. The number of hydrogen-bond acceptors (Lipinski definition) is 3. The number of rotatable bonds is 8. The van der Waals surface area contributed by atoms with Gasteiger partial charge in [0.1, 0.15) is 0 Å². The molecule has 20 heavy (non-hydrogen) atoms. The van der Waals surface area contributed by atoms with Crippen molar-refractivity contribution in [1.82, 2.24) is 9.55 Å². The molecule has 0 unspecified atom stereocenters. The molecule has 0 aliphatic heterocycles. The summed E-state index contributed by atoms with van der Waals surface area (Å²) in [6.07, 6.45) is 1.99. The lowest BCUT2D eigenvalue weighted by molar-refractivity contribution is 0.0684. The monoisotopic (exact) mass is 314 g/mol. The molecule has 2 rings (SSSR count). The van der Waals surface area contributed by atoms with Crippen LogP contribution in [0.1, 0.15) is 12.8 Å². The fourth-order valence-electron chi connectivity index (χ4n) is 2.11. The van der Waals surface area contributed by atoms with Gasteiger partial charge < -0.3 is 19.0 Å². The summed E-state index contributed by atoms with van der Waals surface area (Å²) in [5, 5.41) is 0.728. The Labute approximate surface area is 128 Å². The van der Waals surface area contributed by atoms with E-state index >= 15 is 0 Å². The second-order valence-electron chi connectivity index (χ2n) is 4.53. The van der Waals surface area contributed by atoms with Crippen molar-refractivity contribution in [2.75, 3.05) is 26.9 Å². The van der Waals surface area contributed by atoms with Crippen molar-refractivity contribution < 1.29 is 9.47 Å². The van der Waals surface area contributed by atoms with E-state index in [1.165, 1.54) is 0 Å². The molecule has 0 amide bonds. The number of imidazole rings is 1. The van der Waals surface area contributed by atoms with Gasteiger partial charge in [0.15, 0.2) is 4.77 Å². The fraction of sp³-hybridized carbons (Fsp3) is 0.500. The number of hydrogen-bond donors (Lipinski definition) is 1. The summed E-state index contributed by atoms with van der Waals surface area (Å²) in [4.78, 5) is 3.18. The van der Waals surface area contributed by atoms with Crippen LogP contribution in [0, 0.1) is 4.77 Å². The Morgan fingerprint density at radius 3 is 2.90 bits per heavy atom. The Kier molecular flexibility index (Phi) is 6.04. The van der Waals surface area contributed by atoms with E-state index in [9.17, 15) is 0 Å². The summed E-state index contributed by atoms with van der Waals surface area (Å²) < 4.78 is 13.1. The zero-order chi connectivity index (χ0) is 14.4. The largest absolute Gasteiger partial charge is 0.382 e. The van der Waals surface area contributed by atoms with E-state index in [1.54, 1.807) is 7.11 Å². The third-order valence-corrected chi connectivity index (χ3v) is 3.72. The summed E-state index contributed by atoms with van der Waals surface area (Å²) in [5.74, 6) is 0. The van der Waals surface area contributed by atoms with Crippen LogP contribution >= 0.6 is 23.8 Å². The SMILES string of the molecule is COCCOCCCCn1c(=S)[nH]c2cccc(Cl)c21. The Morgan fingerprint density at radius 2 is 2.10 bits per heavy atom. The van der Waals surface area contributed by atoms with Crippen LogP contribution < -0.4 is 0 Å². The van der Waals surface area contributed by atoms with Crippen molar-refractivity contribution in [3.8, 4) is 0 Å². The minimum Gasteiger partial charge on any atom is -0.382 e. The van der Waals surface area contributed by atoms with Crippen LogP contribution in [0.4, 0.5) is 0 Å². The molecule has 0 bridgehead atoms. The van der Waals surface area contributed by atoms with Crippen molar-refractivity contribution in [2.45, 2.75) is 19.4 Å². The van der Waals surface area contributed by atoms with Crippen molar-refractivity contribution in [2.24, 2.45) is 0 Å². The smallest absolute Gasteiger partial charge is 0.178 e. The fourth-order valence-corrected chi connectivity index (χ4v) is 2.68. The highest BCUT2D eigenvalue weighted by Gasteiger charge is 2.07. The molecule has 0 aliphatic carbocycles. The predicted molar refractivity (Wildman–Crippen MR) is 84.1 cm³/mol. The van der Waals surface area contributed by atoms with Gasteiger partial charge in [0.2, 0.25) is 0 Å². The van der Waals surface area contributed by atoms with E-state index in [-0.39, 0.29) is 0 Å². The van der Waals surface area contributed by atoms with E-state index in [2.05, 4.69) is 9.55 Å². The molecule has 6 heteroatoms. The molecule has 110 valence electrons. The molecule has 1 aromatic heterocycles. The summed E-state index contributed by atoms with van der Waals surface area (Å²) in [6, 6.07) is 5.79. The summed E-state index contributed by atoms with van der Waals surface area (Å²) in [5.41, 5.74) is 1.97. The first kappa shape index (κ1) is 15.5. The Bertz CT molecular complexity index is 609. The molecule has 4 nitrogen and oxygen atoms in total. The van der Waals surface area contributed by atoms with E-state index in [0.717, 1.165) is 42.0 Å². The average Bonchev–Trinajstić information content (AvgIpc) is 2.75. The molecule has 0 atom stereocenters. The van der Waals surface area contributed by atoms with Crippen LogP contribution in [-0.2, 0) is 16.0 Å². The Hall–Kier alpha value is -0.880. The number of nitrogens with one attached hydrogen (secondary N) is 1. The molecule has 0 saturated heterocycles. The number of unbranched alkanes of at least 4 members (excludes halogenated alkanes) is 1. The van der Waals surface area contributed by atoms with Crippen LogP contribution in [0.3, 0.4) is 0 Å². The van der Waals surface area contributed by atoms with Gasteiger partial charge in [-0.05, 0) is 37.2 Å². The van der Waals surface area contributed by atoms with E-state index in [0.29, 0.717) is 18.0 Å². The number of methoxy groups -OCH3 is 1. The van der Waals surface area contributed by atoms with E-state index in [1.807, 2.05) is 18.2 Å². The van der Waals surface area contributed by atoms with Gasteiger partial charge in [-0.25, -0.2) is 0 Å². The number of nitrogens with zero attached hydrogens (tertiary/aromatic N) is 1. The number of benzene rings is 1. The first-order chi connectivity index (χ1) is 9.74. The zero-order valence-corrected chi connectivity index (χ0v) is 13.1. The maximum atomic E-state index is 6.25. The molecule has 0 fully saturated rings. The number of aryl methyl sites for hydroxylation is 1. The van der Waals surface area contributed by atoms with Crippen LogP contribution in [-0.4, -0.2) is 36.5 Å². The van der Waals surface area contributed by atoms with Crippen LogP contribution in [0.5, 0.6) is 0 Å². The highest BCUT2D eigenvalue weighted by atomic mass is 35.5. The highest BCUT2D eigenvalue weighted by molar-refractivity contribution is 7.71. The molecular weight excluding hydrogens is 296 g/mol. The second kappa shape index (κ2) is 7.78. The van der Waals surface area contributed by atoms with E-state index in [4.69, 9.17) is 33.3 Å². The molecule has 1 N–H and O–H groups in total. The molecule has 0 aliphatic rings. The lowest BCUT2D eigenvalue weighted by Crippen LogP contribution is -2.04. The maximum Gasteiger partial charge on any atom is 0.178 e. The minimum absolute atomic E-state index is 0.642. The standard InChI is InChI=1S/C14H19ClN2O2S/c1-18-9-10-19-8-3-2-7-17-13-11(15)5-4-6-12(13)16-14(17)20/h4-6H,2-3,7-10H2,1H3,(H,16,20). The van der Waals surface area contributed by atoms with Gasteiger partial charge in [-0.2, -0.15) is 0 Å². The zero-order valence-electron chi connectivity index (χ0n) is 11.5. The molecule has 1 aromatic carbocycles. The van der Waals surface area contributed by atoms with Crippen molar-refractivity contribution in [3.05, 3.63) is 28.0 Å². The van der Waals surface area contributed by atoms with Gasteiger partial charge in [0.05, 0.1) is 29.3 Å². The summed E-state index contributed by atoms with van der Waals surface area (Å²) in [7, 11) is 1.67. The topological polar surface area (TPSA) is 39.2 Å². The number of halogens is 1. The number of para-hydroxylation sites is 1. The third kappa shape index (κ3) is 3.82. The lowest BCUT2D eigenvalue weighted by atomic mass is 10.3. The number of fused-ring (bicyclic) bond motifs is 1. The minimum atomic E-state index is 0.642. The van der Waals surface area contributed by atoms with Crippen LogP contribution in [0.2, 0.25) is 5.02 Å². The number of aromatic amines is 1. The number of H-pyrrole nitrogens is 1. The first-order valence-electron chi connectivity index (χ1n) is 6.67. The first-order valence-corrected chi connectivity index (χ1v) is 7.46. The third-order valence-electron chi connectivity index (χ3n) is 3.10.